The summed E-state index contributed by atoms with van der Waals surface area (Å²) in [6.45, 7) is 3.83. The molecule has 0 bridgehead atoms. The van der Waals surface area contributed by atoms with Crippen molar-refractivity contribution >= 4 is 11.6 Å². The van der Waals surface area contributed by atoms with E-state index in [0.29, 0.717) is 24.5 Å². The minimum absolute atomic E-state index is 0.0904. The van der Waals surface area contributed by atoms with Crippen LogP contribution in [-0.2, 0) is 13.0 Å². The molecule has 0 aliphatic carbocycles. The third-order valence-corrected chi connectivity index (χ3v) is 4.51. The molecular formula is C16H19ClN2O3. The molecule has 1 aliphatic rings. The van der Waals surface area contributed by atoms with Crippen LogP contribution in [0.15, 0.2) is 28.8 Å². The summed E-state index contributed by atoms with van der Waals surface area (Å²) in [5.74, 6) is 1.01. The molecule has 1 fully saturated rings. The number of rotatable bonds is 4. The van der Waals surface area contributed by atoms with Gasteiger partial charge in [0.15, 0.2) is 0 Å². The summed E-state index contributed by atoms with van der Waals surface area (Å²) in [5.41, 5.74) is 1.72. The fourth-order valence-electron chi connectivity index (χ4n) is 2.97. The maximum atomic E-state index is 10.2. The van der Waals surface area contributed by atoms with Crippen LogP contribution >= 0.6 is 11.6 Å². The lowest BCUT2D eigenvalue weighted by Crippen LogP contribution is -2.21. The monoisotopic (exact) mass is 322 g/mol. The Kier molecular flexibility index (Phi) is 4.38. The zero-order valence-corrected chi connectivity index (χ0v) is 13.1. The summed E-state index contributed by atoms with van der Waals surface area (Å²) >= 11 is 6.11. The standard InChI is InChI=1S/C16H19ClN2O3/c1-10-5-13(22-18-10)6-12-8-19(9-15(12)21)7-11-3-2-4-14(20)16(11)17/h2-5,12,15,20-21H,6-9H2,1H3/t12-,15-/m1/s1. The van der Waals surface area contributed by atoms with Crippen molar-refractivity contribution in [2.45, 2.75) is 26.0 Å². The molecule has 2 atom stereocenters. The first-order valence-electron chi connectivity index (χ1n) is 7.32. The van der Waals surface area contributed by atoms with Gasteiger partial charge in [-0.1, -0.05) is 28.9 Å². The highest BCUT2D eigenvalue weighted by atomic mass is 35.5. The fraction of sp³-hybridized carbons (Fsp3) is 0.438. The summed E-state index contributed by atoms with van der Waals surface area (Å²) in [4.78, 5) is 2.14. The van der Waals surface area contributed by atoms with Crippen LogP contribution in [0.3, 0.4) is 0 Å². The minimum atomic E-state index is -0.401. The van der Waals surface area contributed by atoms with Crippen molar-refractivity contribution < 1.29 is 14.7 Å². The van der Waals surface area contributed by atoms with Crippen LogP contribution in [0.25, 0.3) is 0 Å². The number of phenolic OH excluding ortho intramolecular Hbond substituents is 1. The van der Waals surface area contributed by atoms with Gasteiger partial charge in [-0.25, -0.2) is 0 Å². The van der Waals surface area contributed by atoms with Crippen molar-refractivity contribution in [3.05, 3.63) is 46.3 Å². The number of aryl methyl sites for hydroxylation is 1. The molecule has 1 saturated heterocycles. The SMILES string of the molecule is Cc1cc(C[C@@H]2CN(Cc3cccc(O)c3Cl)C[C@H]2O)on1. The highest BCUT2D eigenvalue weighted by Gasteiger charge is 2.32. The first-order chi connectivity index (χ1) is 10.5. The maximum Gasteiger partial charge on any atom is 0.137 e. The van der Waals surface area contributed by atoms with Gasteiger partial charge in [0.2, 0.25) is 0 Å². The van der Waals surface area contributed by atoms with E-state index in [1.807, 2.05) is 19.1 Å². The Hall–Kier alpha value is -1.56. The molecular weight excluding hydrogens is 304 g/mol. The smallest absolute Gasteiger partial charge is 0.137 e. The number of phenols is 1. The van der Waals surface area contributed by atoms with Crippen LogP contribution in [0.1, 0.15) is 17.0 Å². The Labute approximate surface area is 134 Å². The van der Waals surface area contributed by atoms with Crippen molar-refractivity contribution in [3.63, 3.8) is 0 Å². The normalized spacial score (nSPS) is 22.3. The van der Waals surface area contributed by atoms with Gasteiger partial charge in [0.25, 0.3) is 0 Å². The summed E-state index contributed by atoms with van der Waals surface area (Å²) in [6.07, 6.45) is 0.271. The Balaban J connectivity index is 1.64. The number of benzene rings is 1. The number of halogens is 1. The van der Waals surface area contributed by atoms with Gasteiger partial charge in [-0.05, 0) is 18.6 Å². The molecule has 1 aliphatic heterocycles. The molecule has 22 heavy (non-hydrogen) atoms. The Morgan fingerprint density at radius 3 is 2.95 bits per heavy atom. The quantitative estimate of drug-likeness (QED) is 0.904. The number of hydrogen-bond donors (Lipinski definition) is 2. The molecule has 2 heterocycles. The second-order valence-electron chi connectivity index (χ2n) is 5.91. The molecule has 2 aromatic rings. The van der Waals surface area contributed by atoms with E-state index < -0.39 is 6.10 Å². The lowest BCUT2D eigenvalue weighted by atomic mass is 10.0. The van der Waals surface area contributed by atoms with E-state index in [-0.39, 0.29) is 11.7 Å². The lowest BCUT2D eigenvalue weighted by molar-refractivity contribution is 0.137. The van der Waals surface area contributed by atoms with Gasteiger partial charge >= 0.3 is 0 Å². The number of aromatic hydroxyl groups is 1. The number of aliphatic hydroxyl groups excluding tert-OH is 1. The van der Waals surface area contributed by atoms with Gasteiger partial charge < -0.3 is 14.7 Å². The molecule has 1 aromatic heterocycles. The Morgan fingerprint density at radius 1 is 1.41 bits per heavy atom. The van der Waals surface area contributed by atoms with Gasteiger partial charge in [0.1, 0.15) is 11.5 Å². The van der Waals surface area contributed by atoms with E-state index >= 15 is 0 Å². The van der Waals surface area contributed by atoms with Gasteiger partial charge in [-0.2, -0.15) is 0 Å². The first kappa shape index (κ1) is 15.3. The van der Waals surface area contributed by atoms with Crippen LogP contribution < -0.4 is 0 Å². The van der Waals surface area contributed by atoms with Crippen LogP contribution in [0, 0.1) is 12.8 Å². The molecule has 0 saturated carbocycles. The predicted octanol–water partition coefficient (Wildman–Crippen LogP) is 2.38. The van der Waals surface area contributed by atoms with Crippen LogP contribution in [0.4, 0.5) is 0 Å². The summed E-state index contributed by atoms with van der Waals surface area (Å²) < 4.78 is 5.23. The average molecular weight is 323 g/mol. The largest absolute Gasteiger partial charge is 0.506 e. The van der Waals surface area contributed by atoms with Gasteiger partial charge in [-0.3, -0.25) is 4.90 Å². The van der Waals surface area contributed by atoms with Crippen LogP contribution in [0.5, 0.6) is 5.75 Å². The third kappa shape index (κ3) is 3.27. The summed E-state index contributed by atoms with van der Waals surface area (Å²) in [5, 5.41) is 24.2. The molecule has 0 spiro atoms. The summed E-state index contributed by atoms with van der Waals surface area (Å²) in [7, 11) is 0. The molecule has 118 valence electrons. The van der Waals surface area contributed by atoms with E-state index in [1.165, 1.54) is 0 Å². The predicted molar refractivity (Wildman–Crippen MR) is 82.8 cm³/mol. The number of aliphatic hydroxyl groups is 1. The molecule has 0 radical (unpaired) electrons. The number of hydrogen-bond acceptors (Lipinski definition) is 5. The van der Waals surface area contributed by atoms with Gasteiger partial charge in [0.05, 0.1) is 16.8 Å². The van der Waals surface area contributed by atoms with Crippen molar-refractivity contribution in [3.8, 4) is 5.75 Å². The third-order valence-electron chi connectivity index (χ3n) is 4.07. The number of likely N-dealkylation sites (tertiary alicyclic amines) is 1. The molecule has 2 N–H and O–H groups in total. The average Bonchev–Trinajstić information content (AvgIpc) is 3.02. The molecule has 6 heteroatoms. The van der Waals surface area contributed by atoms with Crippen LogP contribution in [-0.4, -0.2) is 39.5 Å². The zero-order chi connectivity index (χ0) is 15.7. The Bertz CT molecular complexity index is 659. The van der Waals surface area contributed by atoms with Crippen molar-refractivity contribution in [2.24, 2.45) is 5.92 Å². The van der Waals surface area contributed by atoms with Crippen molar-refractivity contribution in [2.75, 3.05) is 13.1 Å². The minimum Gasteiger partial charge on any atom is -0.506 e. The van der Waals surface area contributed by atoms with E-state index in [4.69, 9.17) is 16.1 Å². The molecule has 5 nitrogen and oxygen atoms in total. The van der Waals surface area contributed by atoms with E-state index in [9.17, 15) is 10.2 Å². The molecule has 1 aromatic carbocycles. The number of nitrogens with zero attached hydrogens (tertiary/aromatic N) is 2. The van der Waals surface area contributed by atoms with Crippen LogP contribution in [0.2, 0.25) is 5.02 Å². The maximum absolute atomic E-state index is 10.2. The number of aromatic nitrogens is 1. The second kappa shape index (κ2) is 6.28. The topological polar surface area (TPSA) is 69.7 Å². The zero-order valence-electron chi connectivity index (χ0n) is 12.4. The highest BCUT2D eigenvalue weighted by molar-refractivity contribution is 6.32. The lowest BCUT2D eigenvalue weighted by Gasteiger charge is -2.16. The first-order valence-corrected chi connectivity index (χ1v) is 7.69. The molecule has 0 amide bonds. The fourth-order valence-corrected chi connectivity index (χ4v) is 3.16. The van der Waals surface area contributed by atoms with Crippen molar-refractivity contribution in [1.29, 1.82) is 0 Å². The van der Waals surface area contributed by atoms with Crippen molar-refractivity contribution in [1.82, 2.24) is 10.1 Å². The van der Waals surface area contributed by atoms with Gasteiger partial charge in [0, 0.05) is 38.0 Å². The van der Waals surface area contributed by atoms with E-state index in [1.54, 1.807) is 12.1 Å². The van der Waals surface area contributed by atoms with E-state index in [2.05, 4.69) is 10.1 Å². The number of β-amino-alcohol motifs (C(OH)–C–C–N with tert-alkyl or cyclic N) is 1. The van der Waals surface area contributed by atoms with Gasteiger partial charge in [-0.15, -0.1) is 0 Å². The summed E-state index contributed by atoms with van der Waals surface area (Å²) in [6, 6.07) is 7.14. The molecule has 0 unspecified atom stereocenters. The Morgan fingerprint density at radius 2 is 2.23 bits per heavy atom. The highest BCUT2D eigenvalue weighted by Crippen LogP contribution is 2.30. The molecule has 3 rings (SSSR count). The van der Waals surface area contributed by atoms with E-state index in [0.717, 1.165) is 23.6 Å². The second-order valence-corrected chi connectivity index (χ2v) is 6.29.